The van der Waals surface area contributed by atoms with Crippen molar-refractivity contribution in [2.24, 2.45) is 0 Å². The summed E-state index contributed by atoms with van der Waals surface area (Å²) in [4.78, 5) is 0. The molecule has 0 amide bonds. The minimum absolute atomic E-state index is 0.266. The number of thioether (sulfide) groups is 1. The standard InChI is InChI=1S/C13H13FN2OS.2C2H6/c1-9(17-2)12-8-13(18-3)16(15-12)11-6-4-10(14)5-7-11;2*1-2/h4-8H,1H2,2-3H3;2*1-2H3. The molecular weight excluding hydrogens is 299 g/mol. The molecule has 0 atom stereocenters. The molecule has 0 spiro atoms. The van der Waals surface area contributed by atoms with Gasteiger partial charge in [0, 0.05) is 6.07 Å². The first kappa shape index (κ1) is 20.2. The second kappa shape index (κ2) is 10.9. The molecule has 1 aromatic heterocycles. The summed E-state index contributed by atoms with van der Waals surface area (Å²) >= 11 is 1.55. The Balaban J connectivity index is 0.00000102. The first-order chi connectivity index (χ1) is 10.7. The van der Waals surface area contributed by atoms with Gasteiger partial charge in [-0.05, 0) is 30.5 Å². The molecule has 0 bridgehead atoms. The second-order valence-electron chi connectivity index (χ2n) is 3.59. The van der Waals surface area contributed by atoms with E-state index in [1.165, 1.54) is 12.1 Å². The van der Waals surface area contributed by atoms with Crippen LogP contribution in [0.25, 0.3) is 11.4 Å². The first-order valence-corrected chi connectivity index (χ1v) is 8.51. The van der Waals surface area contributed by atoms with E-state index in [0.717, 1.165) is 10.7 Å². The number of aromatic nitrogens is 2. The fraction of sp³-hybridized carbons (Fsp3) is 0.353. The molecule has 2 aromatic rings. The van der Waals surface area contributed by atoms with E-state index >= 15 is 0 Å². The van der Waals surface area contributed by atoms with Crippen LogP contribution in [0.2, 0.25) is 0 Å². The van der Waals surface area contributed by atoms with Crippen molar-refractivity contribution in [1.82, 2.24) is 9.78 Å². The van der Waals surface area contributed by atoms with Gasteiger partial charge < -0.3 is 4.74 Å². The quantitative estimate of drug-likeness (QED) is 0.556. The summed E-state index contributed by atoms with van der Waals surface area (Å²) in [5.74, 6) is 0.240. The minimum atomic E-state index is -0.266. The molecule has 0 N–H and O–H groups in total. The summed E-state index contributed by atoms with van der Waals surface area (Å²) in [6.45, 7) is 11.8. The third kappa shape index (κ3) is 5.22. The number of nitrogens with zero attached hydrogens (tertiary/aromatic N) is 2. The van der Waals surface area contributed by atoms with E-state index in [2.05, 4.69) is 11.7 Å². The molecule has 0 aliphatic heterocycles. The van der Waals surface area contributed by atoms with Gasteiger partial charge in [0.2, 0.25) is 0 Å². The lowest BCUT2D eigenvalue weighted by Gasteiger charge is -2.04. The fourth-order valence-corrected chi connectivity index (χ4v) is 2.07. The van der Waals surface area contributed by atoms with Crippen molar-refractivity contribution >= 4 is 17.5 Å². The van der Waals surface area contributed by atoms with Crippen molar-refractivity contribution in [3.63, 3.8) is 0 Å². The topological polar surface area (TPSA) is 27.1 Å². The second-order valence-corrected chi connectivity index (χ2v) is 4.41. The molecule has 0 fully saturated rings. The molecule has 22 heavy (non-hydrogen) atoms. The number of hydrogen-bond acceptors (Lipinski definition) is 3. The molecule has 0 radical (unpaired) electrons. The zero-order valence-electron chi connectivity index (χ0n) is 14.2. The highest BCUT2D eigenvalue weighted by Crippen LogP contribution is 2.24. The summed E-state index contributed by atoms with van der Waals surface area (Å²) in [7, 11) is 1.55. The van der Waals surface area contributed by atoms with Crippen LogP contribution in [0.5, 0.6) is 0 Å². The lowest BCUT2D eigenvalue weighted by molar-refractivity contribution is 0.369. The predicted octanol–water partition coefficient (Wildman–Crippen LogP) is 5.40. The van der Waals surface area contributed by atoms with Gasteiger partial charge in [-0.1, -0.05) is 34.3 Å². The van der Waals surface area contributed by atoms with E-state index in [1.54, 1.807) is 35.7 Å². The van der Waals surface area contributed by atoms with E-state index < -0.39 is 0 Å². The highest BCUT2D eigenvalue weighted by Gasteiger charge is 2.11. The number of ether oxygens (including phenoxy) is 1. The van der Waals surface area contributed by atoms with Gasteiger partial charge in [-0.2, -0.15) is 5.10 Å². The van der Waals surface area contributed by atoms with Crippen LogP contribution in [0.3, 0.4) is 0 Å². The number of methoxy groups -OCH3 is 1. The Labute approximate surface area is 137 Å². The molecule has 1 heterocycles. The van der Waals surface area contributed by atoms with Gasteiger partial charge in [0.1, 0.15) is 22.3 Å². The summed E-state index contributed by atoms with van der Waals surface area (Å²) in [6.07, 6.45) is 1.95. The molecule has 0 saturated carbocycles. The first-order valence-electron chi connectivity index (χ1n) is 7.29. The highest BCUT2D eigenvalue weighted by atomic mass is 32.2. The maximum Gasteiger partial charge on any atom is 0.139 e. The summed E-state index contributed by atoms with van der Waals surface area (Å²) in [5, 5.41) is 5.34. The lowest BCUT2D eigenvalue weighted by atomic mass is 10.3. The van der Waals surface area contributed by atoms with Gasteiger partial charge in [-0.15, -0.1) is 11.8 Å². The monoisotopic (exact) mass is 324 g/mol. The predicted molar refractivity (Wildman–Crippen MR) is 94.0 cm³/mol. The third-order valence-electron chi connectivity index (χ3n) is 2.49. The summed E-state index contributed by atoms with van der Waals surface area (Å²) in [6, 6.07) is 8.07. The Hall–Kier alpha value is -1.75. The molecule has 0 unspecified atom stereocenters. The Morgan fingerprint density at radius 2 is 1.73 bits per heavy atom. The van der Waals surface area contributed by atoms with Crippen LogP contribution in [0, 0.1) is 5.82 Å². The molecule has 3 nitrogen and oxygen atoms in total. The molecule has 0 aliphatic carbocycles. The van der Waals surface area contributed by atoms with E-state index in [4.69, 9.17) is 4.74 Å². The van der Waals surface area contributed by atoms with Gasteiger partial charge in [0.25, 0.3) is 0 Å². The van der Waals surface area contributed by atoms with E-state index in [9.17, 15) is 4.39 Å². The van der Waals surface area contributed by atoms with Gasteiger partial charge in [-0.3, -0.25) is 0 Å². The zero-order valence-corrected chi connectivity index (χ0v) is 15.0. The van der Waals surface area contributed by atoms with Crippen LogP contribution >= 0.6 is 11.8 Å². The normalized spacial score (nSPS) is 9.05. The molecule has 0 aliphatic rings. The van der Waals surface area contributed by atoms with Crippen molar-refractivity contribution in [3.8, 4) is 5.69 Å². The Kier molecular flexibility index (Phi) is 10.0. The van der Waals surface area contributed by atoms with Gasteiger partial charge in [0.05, 0.1) is 12.8 Å². The van der Waals surface area contributed by atoms with E-state index in [0.29, 0.717) is 11.5 Å². The maximum atomic E-state index is 12.9. The molecule has 5 heteroatoms. The lowest BCUT2D eigenvalue weighted by Crippen LogP contribution is -1.99. The van der Waals surface area contributed by atoms with Crippen LogP contribution in [0.4, 0.5) is 4.39 Å². The van der Waals surface area contributed by atoms with Crippen LogP contribution in [0.15, 0.2) is 41.9 Å². The smallest absolute Gasteiger partial charge is 0.139 e. The molecule has 2 rings (SSSR count). The van der Waals surface area contributed by atoms with Gasteiger partial charge >= 0.3 is 0 Å². The summed E-state index contributed by atoms with van der Waals surface area (Å²) < 4.78 is 19.7. The van der Waals surface area contributed by atoms with Gasteiger partial charge in [-0.25, -0.2) is 9.07 Å². The molecular formula is C17H25FN2OS. The minimum Gasteiger partial charge on any atom is -0.495 e. The highest BCUT2D eigenvalue weighted by molar-refractivity contribution is 7.98. The van der Waals surface area contributed by atoms with Crippen molar-refractivity contribution in [2.45, 2.75) is 32.7 Å². The number of hydrogen-bond donors (Lipinski definition) is 0. The van der Waals surface area contributed by atoms with Gasteiger partial charge in [0.15, 0.2) is 0 Å². The van der Waals surface area contributed by atoms with Crippen molar-refractivity contribution in [1.29, 1.82) is 0 Å². The fourth-order valence-electron chi connectivity index (χ4n) is 1.52. The average Bonchev–Trinajstić information content (AvgIpc) is 3.03. The zero-order chi connectivity index (χ0) is 17.1. The van der Waals surface area contributed by atoms with E-state index in [1.807, 2.05) is 40.0 Å². The number of halogens is 1. The molecule has 0 saturated heterocycles. The van der Waals surface area contributed by atoms with Crippen LogP contribution in [0.1, 0.15) is 33.4 Å². The van der Waals surface area contributed by atoms with E-state index in [-0.39, 0.29) is 5.82 Å². The Morgan fingerprint density at radius 1 is 1.18 bits per heavy atom. The third-order valence-corrected chi connectivity index (χ3v) is 3.20. The Morgan fingerprint density at radius 3 is 2.18 bits per heavy atom. The van der Waals surface area contributed by atoms with Crippen LogP contribution in [-0.2, 0) is 4.74 Å². The van der Waals surface area contributed by atoms with Crippen molar-refractivity contribution < 1.29 is 9.13 Å². The summed E-state index contributed by atoms with van der Waals surface area (Å²) in [5.41, 5.74) is 1.47. The van der Waals surface area contributed by atoms with Crippen LogP contribution in [-0.4, -0.2) is 23.1 Å². The molecule has 1 aromatic carbocycles. The number of benzene rings is 1. The van der Waals surface area contributed by atoms with Crippen LogP contribution < -0.4 is 0 Å². The maximum absolute atomic E-state index is 12.9. The largest absolute Gasteiger partial charge is 0.495 e. The average molecular weight is 324 g/mol. The molecule has 122 valence electrons. The number of rotatable bonds is 4. The Bertz CT molecular complexity index is 565. The van der Waals surface area contributed by atoms with Crippen molar-refractivity contribution in [3.05, 3.63) is 48.4 Å². The van der Waals surface area contributed by atoms with Crippen molar-refractivity contribution in [2.75, 3.05) is 13.4 Å². The SMILES string of the molecule is C=C(OC)c1cc(SC)n(-c2ccc(F)cc2)n1.CC.CC.